The number of rotatable bonds is 4. The van der Waals surface area contributed by atoms with Crippen LogP contribution in [0, 0.1) is 0 Å². The van der Waals surface area contributed by atoms with Crippen molar-refractivity contribution < 1.29 is 0 Å². The normalized spacial score (nSPS) is 18.1. The zero-order chi connectivity index (χ0) is 13.3. The molecule has 104 valence electrons. The van der Waals surface area contributed by atoms with Crippen LogP contribution >= 0.6 is 0 Å². The van der Waals surface area contributed by atoms with E-state index in [0.717, 1.165) is 18.7 Å². The summed E-state index contributed by atoms with van der Waals surface area (Å²) in [6.07, 6.45) is 9.68. The highest BCUT2D eigenvalue weighted by Gasteiger charge is 2.11. The topological polar surface area (TPSA) is 50.4 Å². The molecule has 19 heavy (non-hydrogen) atoms. The average Bonchev–Trinajstić information content (AvgIpc) is 2.73. The lowest BCUT2D eigenvalue weighted by molar-refractivity contribution is 0.580. The van der Waals surface area contributed by atoms with Gasteiger partial charge in [-0.25, -0.2) is 5.84 Å². The van der Waals surface area contributed by atoms with Crippen molar-refractivity contribution in [3.05, 3.63) is 35.9 Å². The Labute approximate surface area is 116 Å². The van der Waals surface area contributed by atoms with Gasteiger partial charge >= 0.3 is 0 Å². The van der Waals surface area contributed by atoms with E-state index in [1.165, 1.54) is 44.1 Å². The largest absolute Gasteiger partial charge is 0.312 e. The number of nitrogens with two attached hydrogens (primary N) is 1. The van der Waals surface area contributed by atoms with Gasteiger partial charge in [0, 0.05) is 6.42 Å². The van der Waals surface area contributed by atoms with E-state index in [-0.39, 0.29) is 0 Å². The Hall–Kier alpha value is -1.35. The van der Waals surface area contributed by atoms with Crippen LogP contribution < -0.4 is 11.3 Å². The molecule has 3 heteroatoms. The Bertz CT molecular complexity index is 378. The zero-order valence-corrected chi connectivity index (χ0v) is 11.6. The van der Waals surface area contributed by atoms with E-state index in [2.05, 4.69) is 29.7 Å². The molecule has 0 unspecified atom stereocenters. The number of hydrazine groups is 1. The number of hydrogen-bond acceptors (Lipinski definition) is 2. The summed E-state index contributed by atoms with van der Waals surface area (Å²) < 4.78 is 0. The number of benzene rings is 1. The van der Waals surface area contributed by atoms with E-state index < -0.39 is 0 Å². The van der Waals surface area contributed by atoms with Crippen LogP contribution in [-0.4, -0.2) is 11.9 Å². The van der Waals surface area contributed by atoms with Gasteiger partial charge < -0.3 is 5.43 Å². The average molecular weight is 259 g/mol. The lowest BCUT2D eigenvalue weighted by Gasteiger charge is -2.12. The summed E-state index contributed by atoms with van der Waals surface area (Å²) in [6, 6.07) is 11.0. The fourth-order valence-corrected chi connectivity index (χ4v) is 2.69. The summed E-state index contributed by atoms with van der Waals surface area (Å²) in [5, 5.41) is 0. The summed E-state index contributed by atoms with van der Waals surface area (Å²) >= 11 is 0. The molecule has 0 aliphatic heterocycles. The van der Waals surface area contributed by atoms with Crippen LogP contribution in [0.3, 0.4) is 0 Å². The third-order valence-electron chi connectivity index (χ3n) is 3.82. The van der Waals surface area contributed by atoms with Crippen LogP contribution in [0.5, 0.6) is 0 Å². The van der Waals surface area contributed by atoms with Gasteiger partial charge in [0.1, 0.15) is 5.84 Å². The molecule has 0 amide bonds. The molecule has 3 nitrogen and oxygen atoms in total. The minimum Gasteiger partial charge on any atom is -0.312 e. The third kappa shape index (κ3) is 5.03. The number of aliphatic imine (C=N–C) groups is 1. The zero-order valence-electron chi connectivity index (χ0n) is 11.6. The lowest BCUT2D eigenvalue weighted by Crippen LogP contribution is -2.32. The second-order valence-corrected chi connectivity index (χ2v) is 5.35. The smallest absolute Gasteiger partial charge is 0.111 e. The van der Waals surface area contributed by atoms with Crippen LogP contribution in [0.2, 0.25) is 0 Å². The number of amidine groups is 1. The van der Waals surface area contributed by atoms with Crippen LogP contribution in [0.1, 0.15) is 50.5 Å². The standard InChI is InChI=1S/C16H25N3/c17-19-16(13-12-14-8-4-3-5-9-14)18-15-10-6-1-2-7-11-15/h3-5,8-9,15H,1-2,6-7,10-13,17H2,(H,18,19). The van der Waals surface area contributed by atoms with Gasteiger partial charge in [-0.05, 0) is 24.8 Å². The maximum Gasteiger partial charge on any atom is 0.111 e. The fraction of sp³-hybridized carbons (Fsp3) is 0.562. The molecule has 1 aliphatic carbocycles. The Morgan fingerprint density at radius 2 is 1.79 bits per heavy atom. The Kier molecular flexibility index (Phi) is 5.89. The molecular weight excluding hydrogens is 234 g/mol. The highest BCUT2D eigenvalue weighted by atomic mass is 15.3. The second-order valence-electron chi connectivity index (χ2n) is 5.35. The predicted octanol–water partition coefficient (Wildman–Crippen LogP) is 3.20. The molecule has 0 saturated heterocycles. The number of nitrogens with zero attached hydrogens (tertiary/aromatic N) is 1. The molecule has 0 heterocycles. The van der Waals surface area contributed by atoms with Crippen molar-refractivity contribution in [1.82, 2.24) is 5.43 Å². The van der Waals surface area contributed by atoms with E-state index >= 15 is 0 Å². The number of hydrogen-bond donors (Lipinski definition) is 2. The van der Waals surface area contributed by atoms with Gasteiger partial charge in [0.25, 0.3) is 0 Å². The Morgan fingerprint density at radius 3 is 2.42 bits per heavy atom. The minimum absolute atomic E-state index is 0.476. The molecule has 1 fully saturated rings. The van der Waals surface area contributed by atoms with Gasteiger partial charge in [0.05, 0.1) is 6.04 Å². The highest BCUT2D eigenvalue weighted by molar-refractivity contribution is 5.82. The first-order valence-corrected chi connectivity index (χ1v) is 7.45. The lowest BCUT2D eigenvalue weighted by atomic mass is 10.1. The maximum absolute atomic E-state index is 5.61. The van der Waals surface area contributed by atoms with Crippen LogP contribution in [0.15, 0.2) is 35.3 Å². The Balaban J connectivity index is 1.87. The van der Waals surface area contributed by atoms with E-state index in [9.17, 15) is 0 Å². The van der Waals surface area contributed by atoms with Crippen molar-refractivity contribution >= 4 is 5.84 Å². The van der Waals surface area contributed by atoms with Crippen LogP contribution in [0.4, 0.5) is 0 Å². The summed E-state index contributed by atoms with van der Waals surface area (Å²) in [7, 11) is 0. The number of nitrogens with one attached hydrogen (secondary N) is 1. The molecule has 0 spiro atoms. The molecule has 1 saturated carbocycles. The van der Waals surface area contributed by atoms with Gasteiger partial charge in [0.15, 0.2) is 0 Å². The van der Waals surface area contributed by atoms with E-state index in [0.29, 0.717) is 6.04 Å². The van der Waals surface area contributed by atoms with E-state index in [1.54, 1.807) is 0 Å². The third-order valence-corrected chi connectivity index (χ3v) is 3.82. The molecule has 0 aromatic heterocycles. The molecule has 1 aromatic carbocycles. The Morgan fingerprint density at radius 1 is 1.11 bits per heavy atom. The molecule has 0 bridgehead atoms. The minimum atomic E-state index is 0.476. The fourth-order valence-electron chi connectivity index (χ4n) is 2.69. The summed E-state index contributed by atoms with van der Waals surface area (Å²) in [4.78, 5) is 4.81. The van der Waals surface area contributed by atoms with E-state index in [1.807, 2.05) is 6.07 Å². The van der Waals surface area contributed by atoms with Gasteiger partial charge in [-0.2, -0.15) is 0 Å². The molecule has 0 radical (unpaired) electrons. The van der Waals surface area contributed by atoms with Gasteiger partial charge in [-0.15, -0.1) is 0 Å². The molecular formula is C16H25N3. The van der Waals surface area contributed by atoms with Crippen molar-refractivity contribution in [2.75, 3.05) is 0 Å². The quantitative estimate of drug-likeness (QED) is 0.287. The SMILES string of the molecule is NNC(CCc1ccccc1)=NC1CCCCCC1. The maximum atomic E-state index is 5.61. The summed E-state index contributed by atoms with van der Waals surface area (Å²) in [5.41, 5.74) is 4.13. The van der Waals surface area contributed by atoms with E-state index in [4.69, 9.17) is 10.8 Å². The molecule has 1 aliphatic rings. The second kappa shape index (κ2) is 7.95. The first-order chi connectivity index (χ1) is 9.38. The van der Waals surface area contributed by atoms with Crippen molar-refractivity contribution in [2.45, 2.75) is 57.4 Å². The van der Waals surface area contributed by atoms with Gasteiger partial charge in [-0.1, -0.05) is 56.0 Å². The number of aryl methyl sites for hydroxylation is 1. The molecule has 0 atom stereocenters. The van der Waals surface area contributed by atoms with Crippen molar-refractivity contribution in [1.29, 1.82) is 0 Å². The van der Waals surface area contributed by atoms with Crippen LogP contribution in [0.25, 0.3) is 0 Å². The molecule has 1 aromatic rings. The molecule has 2 rings (SSSR count). The summed E-state index contributed by atoms with van der Waals surface area (Å²) in [5.74, 6) is 6.57. The highest BCUT2D eigenvalue weighted by Crippen LogP contribution is 2.20. The molecule has 3 N–H and O–H groups in total. The van der Waals surface area contributed by atoms with Gasteiger partial charge in [-0.3, -0.25) is 4.99 Å². The predicted molar refractivity (Wildman–Crippen MR) is 81.0 cm³/mol. The van der Waals surface area contributed by atoms with Crippen molar-refractivity contribution in [3.63, 3.8) is 0 Å². The summed E-state index contributed by atoms with van der Waals surface area (Å²) in [6.45, 7) is 0. The van der Waals surface area contributed by atoms with Crippen LogP contribution in [-0.2, 0) is 6.42 Å². The monoisotopic (exact) mass is 259 g/mol. The first-order valence-electron chi connectivity index (χ1n) is 7.45. The van der Waals surface area contributed by atoms with Crippen molar-refractivity contribution in [2.24, 2.45) is 10.8 Å². The first kappa shape index (κ1) is 14.1. The van der Waals surface area contributed by atoms with Crippen molar-refractivity contribution in [3.8, 4) is 0 Å². The van der Waals surface area contributed by atoms with Gasteiger partial charge in [0.2, 0.25) is 0 Å².